The number of benzene rings is 2. The Labute approximate surface area is 159 Å². The Morgan fingerprint density at radius 2 is 1.58 bits per heavy atom. The lowest BCUT2D eigenvalue weighted by molar-refractivity contribution is -0.120. The first-order chi connectivity index (χ1) is 12.4. The second kappa shape index (κ2) is 8.27. The van der Waals surface area contributed by atoms with Crippen molar-refractivity contribution in [2.24, 2.45) is 0 Å². The van der Waals surface area contributed by atoms with Gasteiger partial charge in [-0.15, -0.1) is 11.8 Å². The van der Waals surface area contributed by atoms with Gasteiger partial charge in [0, 0.05) is 6.04 Å². The zero-order chi connectivity index (χ0) is 18.6. The first kappa shape index (κ1) is 19.0. The van der Waals surface area contributed by atoms with Gasteiger partial charge in [0.2, 0.25) is 5.91 Å². The normalized spacial score (nSPS) is 20.0. The number of thioether (sulfide) groups is 1. The number of sulfone groups is 1. The van der Waals surface area contributed by atoms with E-state index in [1.807, 2.05) is 43.3 Å². The third-order valence-electron chi connectivity index (χ3n) is 4.49. The van der Waals surface area contributed by atoms with Gasteiger partial charge in [-0.1, -0.05) is 60.7 Å². The molecule has 0 spiro atoms. The van der Waals surface area contributed by atoms with Crippen LogP contribution in [0.1, 0.15) is 29.7 Å². The lowest BCUT2D eigenvalue weighted by Crippen LogP contribution is -2.40. The Kier molecular flexibility index (Phi) is 6.04. The van der Waals surface area contributed by atoms with Crippen LogP contribution in [-0.2, 0) is 14.6 Å². The van der Waals surface area contributed by atoms with Crippen molar-refractivity contribution in [2.45, 2.75) is 29.9 Å². The molecule has 2 aromatic carbocycles. The van der Waals surface area contributed by atoms with Crippen LogP contribution in [0.5, 0.6) is 0 Å². The summed E-state index contributed by atoms with van der Waals surface area (Å²) >= 11 is 1.58. The van der Waals surface area contributed by atoms with Crippen LogP contribution >= 0.6 is 11.8 Å². The fourth-order valence-corrected chi connectivity index (χ4v) is 6.00. The molecule has 1 fully saturated rings. The van der Waals surface area contributed by atoms with Crippen molar-refractivity contribution < 1.29 is 13.2 Å². The average molecular weight is 390 g/mol. The molecule has 1 N–H and O–H groups in total. The van der Waals surface area contributed by atoms with Gasteiger partial charge in [-0.2, -0.15) is 0 Å². The molecule has 0 unspecified atom stereocenters. The third kappa shape index (κ3) is 4.89. The summed E-state index contributed by atoms with van der Waals surface area (Å²) in [4.78, 5) is 12.6. The number of hydrogen-bond acceptors (Lipinski definition) is 4. The van der Waals surface area contributed by atoms with E-state index in [1.54, 1.807) is 11.8 Å². The smallest absolute Gasteiger partial charge is 0.233 e. The Balaban J connectivity index is 1.71. The average Bonchev–Trinajstić information content (AvgIpc) is 2.99. The van der Waals surface area contributed by atoms with Crippen LogP contribution < -0.4 is 5.32 Å². The maximum Gasteiger partial charge on any atom is 0.233 e. The summed E-state index contributed by atoms with van der Waals surface area (Å²) in [5, 5.41) is 2.66. The van der Waals surface area contributed by atoms with Gasteiger partial charge in [0.15, 0.2) is 9.84 Å². The molecule has 26 heavy (non-hydrogen) atoms. The summed E-state index contributed by atoms with van der Waals surface area (Å²) in [5.41, 5.74) is 2.29. The van der Waals surface area contributed by atoms with E-state index in [2.05, 4.69) is 29.6 Å². The van der Waals surface area contributed by atoms with E-state index in [0.717, 1.165) is 11.1 Å². The van der Waals surface area contributed by atoms with Crippen molar-refractivity contribution in [3.8, 4) is 0 Å². The highest BCUT2D eigenvalue weighted by Gasteiger charge is 2.31. The van der Waals surface area contributed by atoms with Gasteiger partial charge in [0.1, 0.15) is 0 Å². The molecule has 1 saturated heterocycles. The highest BCUT2D eigenvalue weighted by atomic mass is 32.2. The number of carbonyl (C=O) groups is 1. The molecular weight excluding hydrogens is 366 g/mol. The van der Waals surface area contributed by atoms with Crippen LogP contribution in [0, 0.1) is 0 Å². The number of hydrogen-bond donors (Lipinski definition) is 1. The fraction of sp³-hybridized carbons (Fsp3) is 0.350. The largest absolute Gasteiger partial charge is 0.351 e. The Morgan fingerprint density at radius 3 is 2.04 bits per heavy atom. The highest BCUT2D eigenvalue weighted by molar-refractivity contribution is 8.01. The summed E-state index contributed by atoms with van der Waals surface area (Å²) < 4.78 is 23.2. The summed E-state index contributed by atoms with van der Waals surface area (Å²) in [6.45, 7) is 1.88. The van der Waals surface area contributed by atoms with Gasteiger partial charge >= 0.3 is 0 Å². The molecule has 1 aliphatic heterocycles. The van der Waals surface area contributed by atoms with Gasteiger partial charge in [0.05, 0.1) is 22.0 Å². The van der Waals surface area contributed by atoms with Crippen molar-refractivity contribution in [3.63, 3.8) is 0 Å². The Morgan fingerprint density at radius 1 is 1.04 bits per heavy atom. The van der Waals surface area contributed by atoms with E-state index in [-0.39, 0.29) is 34.0 Å². The van der Waals surface area contributed by atoms with Crippen LogP contribution in [0.25, 0.3) is 0 Å². The summed E-state index contributed by atoms with van der Waals surface area (Å²) in [6.07, 6.45) is 0.506. The van der Waals surface area contributed by atoms with Gasteiger partial charge in [-0.25, -0.2) is 8.42 Å². The quantitative estimate of drug-likeness (QED) is 0.824. The van der Waals surface area contributed by atoms with Crippen LogP contribution in [-0.4, -0.2) is 37.1 Å². The van der Waals surface area contributed by atoms with E-state index >= 15 is 0 Å². The van der Waals surface area contributed by atoms with E-state index < -0.39 is 9.84 Å². The zero-order valence-corrected chi connectivity index (χ0v) is 16.3. The second-order valence-electron chi connectivity index (χ2n) is 6.59. The molecule has 0 bridgehead atoms. The van der Waals surface area contributed by atoms with Gasteiger partial charge < -0.3 is 5.32 Å². The fourth-order valence-electron chi connectivity index (χ4n) is 3.10. The second-order valence-corrected chi connectivity index (χ2v) is 10.3. The molecule has 0 radical (unpaired) electrons. The van der Waals surface area contributed by atoms with Crippen molar-refractivity contribution >= 4 is 27.5 Å². The third-order valence-corrected chi connectivity index (χ3v) is 7.70. The van der Waals surface area contributed by atoms with Crippen LogP contribution in [0.2, 0.25) is 0 Å². The van der Waals surface area contributed by atoms with Crippen molar-refractivity contribution in [2.75, 3.05) is 11.5 Å². The number of rotatable bonds is 6. The van der Waals surface area contributed by atoms with E-state index in [9.17, 15) is 13.2 Å². The standard InChI is InChI=1S/C20H23NO3S2/c1-15(20(22)21-18-12-13-26(23,24)14-18)25-19(16-8-4-2-5-9-16)17-10-6-3-7-11-17/h2-11,15,18-19H,12-14H2,1H3,(H,21,22)/t15-,18+/m1/s1. The molecule has 0 saturated carbocycles. The molecule has 1 amide bonds. The molecule has 1 heterocycles. The lowest BCUT2D eigenvalue weighted by atomic mass is 10.0. The van der Waals surface area contributed by atoms with Crippen molar-refractivity contribution in [3.05, 3.63) is 71.8 Å². The predicted octanol–water partition coefficient (Wildman–Crippen LogP) is 3.20. The first-order valence-corrected chi connectivity index (χ1v) is 11.5. The van der Waals surface area contributed by atoms with E-state index in [1.165, 1.54) is 0 Å². The number of nitrogens with one attached hydrogen (secondary N) is 1. The van der Waals surface area contributed by atoms with Crippen molar-refractivity contribution in [1.82, 2.24) is 5.32 Å². The zero-order valence-electron chi connectivity index (χ0n) is 14.7. The Bertz CT molecular complexity index is 798. The Hall–Kier alpha value is -1.79. The molecule has 3 rings (SSSR count). The van der Waals surface area contributed by atoms with E-state index in [0.29, 0.717) is 6.42 Å². The molecule has 2 atom stereocenters. The summed E-state index contributed by atoms with van der Waals surface area (Å²) in [7, 11) is -3.00. The maximum atomic E-state index is 12.6. The number of carbonyl (C=O) groups excluding carboxylic acids is 1. The monoisotopic (exact) mass is 389 g/mol. The minimum absolute atomic E-state index is 0.0467. The SMILES string of the molecule is C[C@@H](SC(c1ccccc1)c1ccccc1)C(=O)N[C@H]1CCS(=O)(=O)C1. The minimum atomic E-state index is -3.00. The van der Waals surface area contributed by atoms with Gasteiger partial charge in [-0.05, 0) is 24.5 Å². The molecule has 6 heteroatoms. The molecule has 138 valence electrons. The maximum absolute atomic E-state index is 12.6. The number of amides is 1. The van der Waals surface area contributed by atoms with Crippen LogP contribution in [0.15, 0.2) is 60.7 Å². The topological polar surface area (TPSA) is 63.2 Å². The highest BCUT2D eigenvalue weighted by Crippen LogP contribution is 2.38. The molecule has 0 aromatic heterocycles. The lowest BCUT2D eigenvalue weighted by Gasteiger charge is -2.22. The van der Waals surface area contributed by atoms with Crippen molar-refractivity contribution in [1.29, 1.82) is 0 Å². The molecule has 0 aliphatic carbocycles. The molecular formula is C20H23NO3S2. The molecule has 1 aliphatic rings. The van der Waals surface area contributed by atoms with Crippen LogP contribution in [0.3, 0.4) is 0 Å². The van der Waals surface area contributed by atoms with Gasteiger partial charge in [0.25, 0.3) is 0 Å². The molecule has 2 aromatic rings. The molecule has 4 nitrogen and oxygen atoms in total. The van der Waals surface area contributed by atoms with E-state index in [4.69, 9.17) is 0 Å². The summed E-state index contributed by atoms with van der Waals surface area (Å²) in [5.74, 6) is 0.113. The summed E-state index contributed by atoms with van der Waals surface area (Å²) in [6, 6.07) is 20.0. The first-order valence-electron chi connectivity index (χ1n) is 8.71. The van der Waals surface area contributed by atoms with Gasteiger partial charge in [-0.3, -0.25) is 4.79 Å². The predicted molar refractivity (Wildman–Crippen MR) is 107 cm³/mol. The van der Waals surface area contributed by atoms with Crippen LogP contribution in [0.4, 0.5) is 0 Å². The minimum Gasteiger partial charge on any atom is -0.351 e.